The number of aliphatic imine (C=N–C) groups is 1. The van der Waals surface area contributed by atoms with Crippen LogP contribution < -0.4 is 27.3 Å². The van der Waals surface area contributed by atoms with E-state index in [9.17, 15) is 9.59 Å². The molecule has 1 fully saturated rings. The van der Waals surface area contributed by atoms with Crippen LogP contribution in [-0.2, 0) is 9.59 Å². The molecule has 7 N–H and O–H groups in total. The fourth-order valence-corrected chi connectivity index (χ4v) is 4.72. The molecule has 1 aliphatic carbocycles. The fraction of sp³-hybridized carbons (Fsp3) is 0.344. The highest BCUT2D eigenvalue weighted by Gasteiger charge is 2.45. The molecule has 8 heteroatoms. The third-order valence-corrected chi connectivity index (χ3v) is 7.31. The number of ether oxygens (including phenoxy) is 1. The predicted octanol–water partition coefficient (Wildman–Crippen LogP) is 3.80. The molecule has 0 saturated heterocycles. The van der Waals surface area contributed by atoms with Gasteiger partial charge in [-0.1, -0.05) is 72.8 Å². The Hall–Kier alpha value is -4.17. The Morgan fingerprint density at radius 3 is 2.02 bits per heavy atom. The van der Waals surface area contributed by atoms with Gasteiger partial charge in [-0.05, 0) is 67.3 Å². The van der Waals surface area contributed by atoms with Gasteiger partial charge in [0, 0.05) is 6.54 Å². The van der Waals surface area contributed by atoms with Crippen LogP contribution in [0.2, 0.25) is 0 Å². The topological polar surface area (TPSA) is 146 Å². The molecule has 3 aromatic rings. The Labute approximate surface area is 236 Å². The standard InChI is InChI=1S/C32H39N5O3/c1-22(24-15-17-27(18-16-24)40-21-23-13-14-23)37-30(39)32(35,19-8-20-36-31(33)34)29(38)28(25-9-4-2-5-10-25)26-11-6-3-7-12-26/h2-7,9-12,15-18,22-23,28H,8,13-14,19-21,35H2,1H3,(H,37,39)(H4,33,34,36)/t22-,32+/m0/s1. The summed E-state index contributed by atoms with van der Waals surface area (Å²) in [5, 5.41) is 2.99. The lowest BCUT2D eigenvalue weighted by Gasteiger charge is -2.32. The Morgan fingerprint density at radius 2 is 1.50 bits per heavy atom. The summed E-state index contributed by atoms with van der Waals surface area (Å²) < 4.78 is 5.83. The largest absolute Gasteiger partial charge is 0.493 e. The maximum atomic E-state index is 14.3. The highest BCUT2D eigenvalue weighted by Crippen LogP contribution is 2.32. The molecule has 4 rings (SSSR count). The number of nitrogens with zero attached hydrogens (tertiary/aromatic N) is 1. The van der Waals surface area contributed by atoms with Gasteiger partial charge in [-0.2, -0.15) is 0 Å². The molecule has 0 aliphatic heterocycles. The number of amides is 1. The van der Waals surface area contributed by atoms with Crippen LogP contribution in [-0.4, -0.2) is 36.3 Å². The summed E-state index contributed by atoms with van der Waals surface area (Å²) in [4.78, 5) is 32.2. The van der Waals surface area contributed by atoms with Crippen molar-refractivity contribution in [1.82, 2.24) is 5.32 Å². The van der Waals surface area contributed by atoms with Crippen molar-refractivity contribution in [3.8, 4) is 5.75 Å². The number of rotatable bonds is 14. The number of nitrogens with one attached hydrogen (secondary N) is 1. The van der Waals surface area contributed by atoms with Crippen molar-refractivity contribution in [2.45, 2.75) is 50.1 Å². The first-order valence-corrected chi connectivity index (χ1v) is 13.8. The van der Waals surface area contributed by atoms with Gasteiger partial charge < -0.3 is 27.3 Å². The smallest absolute Gasteiger partial charge is 0.248 e. The molecule has 0 bridgehead atoms. The van der Waals surface area contributed by atoms with Gasteiger partial charge in [0.2, 0.25) is 5.91 Å². The molecule has 0 unspecified atom stereocenters. The second-order valence-electron chi connectivity index (χ2n) is 10.5. The summed E-state index contributed by atoms with van der Waals surface area (Å²) in [7, 11) is 0. The molecule has 0 aromatic heterocycles. The SMILES string of the molecule is C[C@H](NC(=O)[C@@](N)(CCCN=C(N)N)C(=O)C(c1ccccc1)c1ccccc1)c1ccc(OCC2CC2)cc1. The normalized spacial score (nSPS) is 15.1. The molecule has 40 heavy (non-hydrogen) atoms. The molecule has 1 aliphatic rings. The van der Waals surface area contributed by atoms with E-state index in [1.54, 1.807) is 0 Å². The Balaban J connectivity index is 1.58. The number of hydrogen-bond acceptors (Lipinski definition) is 5. The van der Waals surface area contributed by atoms with Crippen molar-refractivity contribution in [2.75, 3.05) is 13.2 Å². The summed E-state index contributed by atoms with van der Waals surface area (Å²) in [5.74, 6) is -0.243. The van der Waals surface area contributed by atoms with Crippen LogP contribution >= 0.6 is 0 Å². The molecule has 0 radical (unpaired) electrons. The van der Waals surface area contributed by atoms with Gasteiger partial charge in [0.1, 0.15) is 5.75 Å². The number of benzene rings is 3. The first-order chi connectivity index (χ1) is 19.3. The average Bonchev–Trinajstić information content (AvgIpc) is 3.80. The van der Waals surface area contributed by atoms with Gasteiger partial charge in [0.15, 0.2) is 17.3 Å². The zero-order valence-electron chi connectivity index (χ0n) is 23.0. The second kappa shape index (κ2) is 13.3. The van der Waals surface area contributed by atoms with Crippen molar-refractivity contribution in [2.24, 2.45) is 28.1 Å². The molecule has 0 spiro atoms. The van der Waals surface area contributed by atoms with E-state index in [1.165, 1.54) is 12.8 Å². The summed E-state index contributed by atoms with van der Waals surface area (Å²) in [5.41, 5.74) is 18.4. The maximum absolute atomic E-state index is 14.3. The van der Waals surface area contributed by atoms with Crippen molar-refractivity contribution in [1.29, 1.82) is 0 Å². The van der Waals surface area contributed by atoms with Crippen molar-refractivity contribution in [3.63, 3.8) is 0 Å². The molecule has 0 heterocycles. The van der Waals surface area contributed by atoms with E-state index >= 15 is 0 Å². The maximum Gasteiger partial charge on any atom is 0.248 e. The van der Waals surface area contributed by atoms with Crippen molar-refractivity contribution in [3.05, 3.63) is 102 Å². The van der Waals surface area contributed by atoms with Crippen LogP contribution in [0.1, 0.15) is 61.3 Å². The first-order valence-electron chi connectivity index (χ1n) is 13.8. The van der Waals surface area contributed by atoms with Gasteiger partial charge in [0.25, 0.3) is 0 Å². The first kappa shape index (κ1) is 28.8. The average molecular weight is 542 g/mol. The van der Waals surface area contributed by atoms with E-state index in [0.717, 1.165) is 29.0 Å². The predicted molar refractivity (Wildman–Crippen MR) is 158 cm³/mol. The van der Waals surface area contributed by atoms with Gasteiger partial charge in [0.05, 0.1) is 18.6 Å². The highest BCUT2D eigenvalue weighted by atomic mass is 16.5. The van der Waals surface area contributed by atoms with Crippen LogP contribution in [0.25, 0.3) is 0 Å². The summed E-state index contributed by atoms with van der Waals surface area (Å²) in [6, 6.07) is 26.0. The summed E-state index contributed by atoms with van der Waals surface area (Å²) >= 11 is 0. The number of Topliss-reactive ketones (excluding diaryl/α,β-unsaturated/α-hetero) is 1. The van der Waals surface area contributed by atoms with Crippen molar-refractivity contribution < 1.29 is 14.3 Å². The Kier molecular flexibility index (Phi) is 9.56. The zero-order valence-corrected chi connectivity index (χ0v) is 23.0. The molecule has 210 valence electrons. The lowest BCUT2D eigenvalue weighted by molar-refractivity contribution is -0.137. The van der Waals surface area contributed by atoms with E-state index in [4.69, 9.17) is 21.9 Å². The molecular formula is C32H39N5O3. The summed E-state index contributed by atoms with van der Waals surface area (Å²) in [6.07, 6.45) is 2.88. The molecule has 1 amide bonds. The zero-order chi connectivity index (χ0) is 28.5. The van der Waals surface area contributed by atoms with Crippen LogP contribution in [0.15, 0.2) is 89.9 Å². The van der Waals surface area contributed by atoms with Crippen LogP contribution in [0, 0.1) is 5.92 Å². The number of hydrogen-bond donors (Lipinski definition) is 4. The molecule has 8 nitrogen and oxygen atoms in total. The number of ketones is 1. The van der Waals surface area contributed by atoms with Crippen LogP contribution in [0.4, 0.5) is 0 Å². The van der Waals surface area contributed by atoms with Gasteiger partial charge >= 0.3 is 0 Å². The summed E-state index contributed by atoms with van der Waals surface area (Å²) in [6.45, 7) is 2.85. The van der Waals surface area contributed by atoms with Crippen LogP contribution in [0.3, 0.4) is 0 Å². The van der Waals surface area contributed by atoms with Gasteiger partial charge in [-0.25, -0.2) is 0 Å². The number of guanidine groups is 1. The fourth-order valence-electron chi connectivity index (χ4n) is 4.72. The quantitative estimate of drug-likeness (QED) is 0.106. The van der Waals surface area contributed by atoms with E-state index in [0.29, 0.717) is 12.3 Å². The van der Waals surface area contributed by atoms with E-state index < -0.39 is 17.4 Å². The Morgan fingerprint density at radius 1 is 0.925 bits per heavy atom. The molecule has 3 aromatic carbocycles. The van der Waals surface area contributed by atoms with E-state index in [-0.39, 0.29) is 30.8 Å². The van der Waals surface area contributed by atoms with E-state index in [2.05, 4.69) is 10.3 Å². The number of carbonyl (C=O) groups is 2. The van der Waals surface area contributed by atoms with Gasteiger partial charge in [-0.3, -0.25) is 14.6 Å². The molecule has 2 atom stereocenters. The third kappa shape index (κ3) is 7.48. The van der Waals surface area contributed by atoms with Crippen molar-refractivity contribution >= 4 is 17.6 Å². The minimum atomic E-state index is -1.82. The lowest BCUT2D eigenvalue weighted by Crippen LogP contribution is -2.61. The minimum absolute atomic E-state index is 0.0528. The van der Waals surface area contributed by atoms with Crippen LogP contribution in [0.5, 0.6) is 5.75 Å². The monoisotopic (exact) mass is 541 g/mol. The lowest BCUT2D eigenvalue weighted by atomic mass is 9.76. The van der Waals surface area contributed by atoms with E-state index in [1.807, 2.05) is 91.9 Å². The minimum Gasteiger partial charge on any atom is -0.493 e. The third-order valence-electron chi connectivity index (χ3n) is 7.31. The molecule has 1 saturated carbocycles. The Bertz CT molecular complexity index is 1250. The second-order valence-corrected chi connectivity index (χ2v) is 10.5. The van der Waals surface area contributed by atoms with Gasteiger partial charge in [-0.15, -0.1) is 0 Å². The number of carbonyl (C=O) groups excluding carboxylic acids is 2. The highest BCUT2D eigenvalue weighted by molar-refractivity contribution is 6.14. The number of nitrogens with two attached hydrogens (primary N) is 3. The molecular weight excluding hydrogens is 502 g/mol.